The van der Waals surface area contributed by atoms with Crippen LogP contribution in [0.5, 0.6) is 0 Å². The van der Waals surface area contributed by atoms with E-state index < -0.39 is 17.5 Å². The monoisotopic (exact) mass is 318 g/mol. The Hall–Kier alpha value is -2.57. The van der Waals surface area contributed by atoms with Gasteiger partial charge in [-0.2, -0.15) is 0 Å². The van der Waals surface area contributed by atoms with E-state index in [1.165, 1.54) is 31.2 Å². The molecule has 120 valence electrons. The molecule has 7 heteroatoms. The zero-order valence-electron chi connectivity index (χ0n) is 12.4. The average molecular weight is 318 g/mol. The fourth-order valence-electron chi connectivity index (χ4n) is 2.58. The van der Waals surface area contributed by atoms with Crippen LogP contribution in [-0.4, -0.2) is 21.9 Å². The minimum atomic E-state index is -0.836. The van der Waals surface area contributed by atoms with Crippen LogP contribution in [0.4, 0.5) is 20.4 Å². The number of aromatic nitrogens is 2. The van der Waals surface area contributed by atoms with Crippen molar-refractivity contribution in [2.75, 3.05) is 10.6 Å². The number of hydrogen-bond donors (Lipinski definition) is 2. The van der Waals surface area contributed by atoms with Gasteiger partial charge in [-0.3, -0.25) is 4.79 Å². The lowest BCUT2D eigenvalue weighted by Crippen LogP contribution is -2.19. The Morgan fingerprint density at radius 1 is 1.17 bits per heavy atom. The largest absolute Gasteiger partial charge is 0.351 e. The molecule has 0 unspecified atom stereocenters. The summed E-state index contributed by atoms with van der Waals surface area (Å²) >= 11 is 0. The van der Waals surface area contributed by atoms with Gasteiger partial charge >= 0.3 is 0 Å². The molecule has 0 atom stereocenters. The van der Waals surface area contributed by atoms with E-state index in [1.807, 2.05) is 0 Å². The summed E-state index contributed by atoms with van der Waals surface area (Å²) in [5.41, 5.74) is 0.0181. The molecular weight excluding hydrogens is 302 g/mol. The smallest absolute Gasteiger partial charge is 0.274 e. The van der Waals surface area contributed by atoms with Crippen molar-refractivity contribution in [3.05, 3.63) is 47.8 Å². The fourth-order valence-corrected chi connectivity index (χ4v) is 2.58. The SMILES string of the molecule is O=C(Nc1ccc(F)cc1F)c1ccnc(NC2CCCC2)n1. The molecule has 23 heavy (non-hydrogen) atoms. The number of rotatable bonds is 4. The highest BCUT2D eigenvalue weighted by Crippen LogP contribution is 2.21. The Morgan fingerprint density at radius 2 is 1.96 bits per heavy atom. The zero-order valence-corrected chi connectivity index (χ0v) is 12.4. The number of nitrogens with one attached hydrogen (secondary N) is 2. The number of benzene rings is 1. The molecule has 2 aromatic rings. The predicted molar refractivity (Wildman–Crippen MR) is 82.2 cm³/mol. The lowest BCUT2D eigenvalue weighted by atomic mass is 10.2. The molecule has 5 nitrogen and oxygen atoms in total. The first kappa shape index (κ1) is 15.3. The second-order valence-corrected chi connectivity index (χ2v) is 5.47. The molecular formula is C16H16F2N4O. The zero-order chi connectivity index (χ0) is 16.2. The highest BCUT2D eigenvalue weighted by Gasteiger charge is 2.17. The van der Waals surface area contributed by atoms with Gasteiger partial charge in [-0.15, -0.1) is 0 Å². The number of carbonyl (C=O) groups excluding carboxylic acids is 1. The van der Waals surface area contributed by atoms with Gasteiger partial charge in [0.2, 0.25) is 5.95 Å². The summed E-state index contributed by atoms with van der Waals surface area (Å²) in [7, 11) is 0. The van der Waals surface area contributed by atoms with Crippen LogP contribution < -0.4 is 10.6 Å². The molecule has 2 N–H and O–H groups in total. The lowest BCUT2D eigenvalue weighted by molar-refractivity contribution is 0.102. The van der Waals surface area contributed by atoms with Crippen molar-refractivity contribution in [3.63, 3.8) is 0 Å². The minimum Gasteiger partial charge on any atom is -0.351 e. The Morgan fingerprint density at radius 3 is 2.70 bits per heavy atom. The van der Waals surface area contributed by atoms with Crippen molar-refractivity contribution in [1.29, 1.82) is 0 Å². The molecule has 0 aliphatic heterocycles. The predicted octanol–water partition coefficient (Wildman–Crippen LogP) is 3.36. The third kappa shape index (κ3) is 3.80. The van der Waals surface area contributed by atoms with Gasteiger partial charge in [-0.25, -0.2) is 18.7 Å². The molecule has 0 spiro atoms. The topological polar surface area (TPSA) is 66.9 Å². The van der Waals surface area contributed by atoms with Crippen molar-refractivity contribution in [1.82, 2.24) is 9.97 Å². The number of carbonyl (C=O) groups is 1. The number of hydrogen-bond acceptors (Lipinski definition) is 4. The lowest BCUT2D eigenvalue weighted by Gasteiger charge is -2.12. The first-order valence-electron chi connectivity index (χ1n) is 7.48. The molecule has 1 aromatic heterocycles. The summed E-state index contributed by atoms with van der Waals surface area (Å²) in [6, 6.07) is 4.72. The van der Waals surface area contributed by atoms with E-state index in [-0.39, 0.29) is 11.4 Å². The minimum absolute atomic E-state index is 0.0969. The van der Waals surface area contributed by atoms with Gasteiger partial charge in [0.1, 0.15) is 17.3 Å². The van der Waals surface area contributed by atoms with E-state index >= 15 is 0 Å². The number of anilines is 2. The van der Waals surface area contributed by atoms with Crippen molar-refractivity contribution < 1.29 is 13.6 Å². The van der Waals surface area contributed by atoms with Crippen LogP contribution in [0.2, 0.25) is 0 Å². The highest BCUT2D eigenvalue weighted by atomic mass is 19.1. The van der Waals surface area contributed by atoms with Crippen LogP contribution >= 0.6 is 0 Å². The van der Waals surface area contributed by atoms with Crippen molar-refractivity contribution in [3.8, 4) is 0 Å². The van der Waals surface area contributed by atoms with Gasteiger partial charge in [0, 0.05) is 18.3 Å². The summed E-state index contributed by atoms with van der Waals surface area (Å²) in [5, 5.41) is 5.57. The molecule has 3 rings (SSSR count). The summed E-state index contributed by atoms with van der Waals surface area (Å²) in [6.45, 7) is 0. The maximum absolute atomic E-state index is 13.6. The third-order valence-corrected chi connectivity index (χ3v) is 3.76. The van der Waals surface area contributed by atoms with Crippen LogP contribution in [0.3, 0.4) is 0 Å². The first-order valence-corrected chi connectivity index (χ1v) is 7.48. The van der Waals surface area contributed by atoms with E-state index in [4.69, 9.17) is 0 Å². The normalized spacial score (nSPS) is 14.7. The molecule has 0 saturated heterocycles. The molecule has 0 bridgehead atoms. The second kappa shape index (κ2) is 6.68. The molecule has 1 aliphatic rings. The average Bonchev–Trinajstić information content (AvgIpc) is 3.03. The van der Waals surface area contributed by atoms with E-state index in [1.54, 1.807) is 0 Å². The van der Waals surface area contributed by atoms with Crippen molar-refractivity contribution >= 4 is 17.5 Å². The summed E-state index contributed by atoms with van der Waals surface area (Å²) in [5.74, 6) is -1.74. The third-order valence-electron chi connectivity index (χ3n) is 3.76. The van der Waals surface area contributed by atoms with Crippen LogP contribution in [0, 0.1) is 11.6 Å². The van der Waals surface area contributed by atoms with Gasteiger partial charge in [0.25, 0.3) is 5.91 Å². The summed E-state index contributed by atoms with van der Waals surface area (Å²) in [6.07, 6.45) is 5.92. The van der Waals surface area contributed by atoms with Gasteiger partial charge in [-0.05, 0) is 31.0 Å². The van der Waals surface area contributed by atoms with E-state index in [9.17, 15) is 13.6 Å². The van der Waals surface area contributed by atoms with Crippen LogP contribution in [0.25, 0.3) is 0 Å². The van der Waals surface area contributed by atoms with Gasteiger partial charge in [-0.1, -0.05) is 12.8 Å². The van der Waals surface area contributed by atoms with E-state index in [0.717, 1.165) is 18.9 Å². The van der Waals surface area contributed by atoms with E-state index in [2.05, 4.69) is 20.6 Å². The molecule has 1 aromatic carbocycles. The molecule has 1 fully saturated rings. The molecule has 0 radical (unpaired) electrons. The van der Waals surface area contributed by atoms with Crippen LogP contribution in [0.15, 0.2) is 30.5 Å². The van der Waals surface area contributed by atoms with Crippen molar-refractivity contribution in [2.45, 2.75) is 31.7 Å². The summed E-state index contributed by atoms with van der Waals surface area (Å²) < 4.78 is 26.4. The molecule has 1 amide bonds. The first-order chi connectivity index (χ1) is 11.1. The van der Waals surface area contributed by atoms with Gasteiger partial charge < -0.3 is 10.6 Å². The van der Waals surface area contributed by atoms with Crippen LogP contribution in [-0.2, 0) is 0 Å². The van der Waals surface area contributed by atoms with Gasteiger partial charge in [0.05, 0.1) is 5.69 Å². The standard InChI is InChI=1S/C16H16F2N4O/c17-10-5-6-13(12(18)9-10)21-15(23)14-7-8-19-16(22-14)20-11-3-1-2-4-11/h5-9,11H,1-4H2,(H,21,23)(H,19,20,22). The van der Waals surface area contributed by atoms with Crippen molar-refractivity contribution in [2.24, 2.45) is 0 Å². The molecule has 1 saturated carbocycles. The Balaban J connectivity index is 1.71. The van der Waals surface area contributed by atoms with E-state index in [0.29, 0.717) is 18.1 Å². The Bertz CT molecular complexity index is 717. The molecule has 1 heterocycles. The summed E-state index contributed by atoms with van der Waals surface area (Å²) in [4.78, 5) is 20.4. The van der Waals surface area contributed by atoms with Crippen LogP contribution in [0.1, 0.15) is 36.2 Å². The second-order valence-electron chi connectivity index (χ2n) is 5.47. The maximum atomic E-state index is 13.6. The quantitative estimate of drug-likeness (QED) is 0.907. The number of halogens is 2. The molecule has 1 aliphatic carbocycles. The number of amides is 1. The maximum Gasteiger partial charge on any atom is 0.274 e. The highest BCUT2D eigenvalue weighted by molar-refractivity contribution is 6.03. The Labute approximate surface area is 132 Å². The Kier molecular flexibility index (Phi) is 4.45. The van der Waals surface area contributed by atoms with Gasteiger partial charge in [0.15, 0.2) is 0 Å². The number of nitrogens with zero attached hydrogens (tertiary/aromatic N) is 2. The fraction of sp³-hybridized carbons (Fsp3) is 0.312.